The molecule has 0 aromatic heterocycles. The van der Waals surface area contributed by atoms with Crippen LogP contribution in [0.4, 0.5) is 0 Å². The zero-order valence-corrected chi connectivity index (χ0v) is 22.0. The average Bonchev–Trinajstić information content (AvgIpc) is 3.22. The molecule has 1 amide bonds. The summed E-state index contributed by atoms with van der Waals surface area (Å²) in [4.78, 5) is 39.7. The lowest BCUT2D eigenvalue weighted by molar-refractivity contribution is -0.171. The number of benzene rings is 2. The van der Waals surface area contributed by atoms with Gasteiger partial charge in [-0.3, -0.25) is 14.4 Å². The smallest absolute Gasteiger partial charge is 0.324 e. The first-order chi connectivity index (χ1) is 17.1. The largest absolute Gasteiger partial charge is 0.465 e. The number of nitrogens with zero attached hydrogens (tertiary/aromatic N) is 1. The SMILES string of the molecule is CCOC(=O)C1(C(=O)OCC)Cc2ccc(C[C@@H](C)N(C[C@@H](O)c3cccc(Cl)c3)C(C)=O)cc2C1. The Morgan fingerprint density at radius 3 is 2.25 bits per heavy atom. The van der Waals surface area contributed by atoms with E-state index in [9.17, 15) is 19.5 Å². The predicted molar refractivity (Wildman–Crippen MR) is 137 cm³/mol. The minimum atomic E-state index is -1.37. The molecule has 0 spiro atoms. The summed E-state index contributed by atoms with van der Waals surface area (Å²) in [6.45, 7) is 7.33. The van der Waals surface area contributed by atoms with Crippen LogP contribution in [-0.2, 0) is 43.1 Å². The van der Waals surface area contributed by atoms with E-state index in [1.54, 1.807) is 43.0 Å². The Bertz CT molecular complexity index is 1100. The van der Waals surface area contributed by atoms with Crippen LogP contribution in [0.3, 0.4) is 0 Å². The van der Waals surface area contributed by atoms with E-state index in [4.69, 9.17) is 21.1 Å². The number of amides is 1. The first-order valence-corrected chi connectivity index (χ1v) is 12.6. The number of carbonyl (C=O) groups excluding carboxylic acids is 3. The van der Waals surface area contributed by atoms with Crippen molar-refractivity contribution in [2.24, 2.45) is 5.41 Å². The zero-order valence-electron chi connectivity index (χ0n) is 21.3. The van der Waals surface area contributed by atoms with Gasteiger partial charge in [0.1, 0.15) is 0 Å². The molecule has 1 aliphatic carbocycles. The fourth-order valence-corrected chi connectivity index (χ4v) is 5.04. The second kappa shape index (κ2) is 11.9. The van der Waals surface area contributed by atoms with E-state index in [-0.39, 0.29) is 44.5 Å². The molecule has 0 saturated carbocycles. The molecule has 0 saturated heterocycles. The molecule has 1 N–H and O–H groups in total. The van der Waals surface area contributed by atoms with Crippen LogP contribution in [0, 0.1) is 5.41 Å². The number of fused-ring (bicyclic) bond motifs is 1. The van der Waals surface area contributed by atoms with Crippen molar-refractivity contribution in [1.82, 2.24) is 4.90 Å². The van der Waals surface area contributed by atoms with Crippen LogP contribution in [0.15, 0.2) is 42.5 Å². The van der Waals surface area contributed by atoms with Gasteiger partial charge in [0.15, 0.2) is 5.41 Å². The molecule has 194 valence electrons. The van der Waals surface area contributed by atoms with Crippen LogP contribution in [-0.4, -0.2) is 53.7 Å². The highest BCUT2D eigenvalue weighted by molar-refractivity contribution is 6.30. The maximum Gasteiger partial charge on any atom is 0.324 e. The van der Waals surface area contributed by atoms with E-state index < -0.39 is 23.5 Å². The lowest BCUT2D eigenvalue weighted by Crippen LogP contribution is -2.43. The van der Waals surface area contributed by atoms with Gasteiger partial charge in [0.25, 0.3) is 0 Å². The summed E-state index contributed by atoms with van der Waals surface area (Å²) in [6.07, 6.45) is 0.124. The lowest BCUT2D eigenvalue weighted by Gasteiger charge is -2.30. The zero-order chi connectivity index (χ0) is 26.5. The van der Waals surface area contributed by atoms with Gasteiger partial charge in [-0.15, -0.1) is 0 Å². The van der Waals surface area contributed by atoms with Crippen molar-refractivity contribution < 1.29 is 29.0 Å². The fourth-order valence-electron chi connectivity index (χ4n) is 4.84. The summed E-state index contributed by atoms with van der Waals surface area (Å²) in [5, 5.41) is 11.2. The normalized spacial score (nSPS) is 15.5. The van der Waals surface area contributed by atoms with Crippen molar-refractivity contribution in [3.05, 3.63) is 69.7 Å². The van der Waals surface area contributed by atoms with Gasteiger partial charge in [-0.25, -0.2) is 0 Å². The van der Waals surface area contributed by atoms with E-state index in [1.807, 2.05) is 25.1 Å². The molecule has 0 radical (unpaired) electrons. The Kier molecular flexibility index (Phi) is 9.14. The summed E-state index contributed by atoms with van der Waals surface area (Å²) >= 11 is 6.05. The lowest BCUT2D eigenvalue weighted by atomic mass is 9.84. The van der Waals surface area contributed by atoms with Crippen LogP contribution >= 0.6 is 11.6 Å². The van der Waals surface area contributed by atoms with Crippen LogP contribution in [0.1, 0.15) is 56.1 Å². The van der Waals surface area contributed by atoms with E-state index in [0.29, 0.717) is 17.0 Å². The number of halogens is 1. The summed E-state index contributed by atoms with van der Waals surface area (Å²) in [7, 11) is 0. The van der Waals surface area contributed by atoms with Crippen molar-refractivity contribution in [3.8, 4) is 0 Å². The molecule has 0 aliphatic heterocycles. The molecule has 0 bridgehead atoms. The third kappa shape index (κ3) is 6.08. The van der Waals surface area contributed by atoms with Gasteiger partial charge in [0.2, 0.25) is 5.91 Å². The number of ether oxygens (including phenoxy) is 2. The van der Waals surface area contributed by atoms with Gasteiger partial charge < -0.3 is 19.5 Å². The quantitative estimate of drug-likeness (QED) is 0.379. The Morgan fingerprint density at radius 1 is 1.03 bits per heavy atom. The van der Waals surface area contributed by atoms with E-state index in [0.717, 1.165) is 16.7 Å². The number of esters is 2. The van der Waals surface area contributed by atoms with Crippen molar-refractivity contribution in [2.75, 3.05) is 19.8 Å². The fraction of sp³-hybridized carbons (Fsp3) is 0.464. The van der Waals surface area contributed by atoms with Crippen molar-refractivity contribution >= 4 is 29.4 Å². The van der Waals surface area contributed by atoms with Gasteiger partial charge in [0.05, 0.1) is 25.9 Å². The third-order valence-electron chi connectivity index (χ3n) is 6.66. The van der Waals surface area contributed by atoms with Gasteiger partial charge in [-0.1, -0.05) is 41.9 Å². The first kappa shape index (κ1) is 27.7. The Morgan fingerprint density at radius 2 is 1.67 bits per heavy atom. The topological polar surface area (TPSA) is 93.1 Å². The Balaban J connectivity index is 1.77. The summed E-state index contributed by atoms with van der Waals surface area (Å²) in [5.41, 5.74) is 2.05. The highest BCUT2D eigenvalue weighted by atomic mass is 35.5. The van der Waals surface area contributed by atoms with Crippen LogP contribution in [0.2, 0.25) is 5.02 Å². The molecular weight excluding hydrogens is 482 g/mol. The van der Waals surface area contributed by atoms with Gasteiger partial charge in [-0.05, 0) is 74.4 Å². The minimum Gasteiger partial charge on any atom is -0.465 e. The van der Waals surface area contributed by atoms with Gasteiger partial charge in [-0.2, -0.15) is 0 Å². The first-order valence-electron chi connectivity index (χ1n) is 12.3. The van der Waals surface area contributed by atoms with Crippen LogP contribution in [0.25, 0.3) is 0 Å². The number of aliphatic hydroxyl groups is 1. The summed E-state index contributed by atoms with van der Waals surface area (Å²) in [5.74, 6) is -1.27. The molecule has 36 heavy (non-hydrogen) atoms. The van der Waals surface area contributed by atoms with Gasteiger partial charge >= 0.3 is 11.9 Å². The minimum absolute atomic E-state index is 0.136. The van der Waals surface area contributed by atoms with E-state index >= 15 is 0 Å². The number of hydrogen-bond donors (Lipinski definition) is 1. The molecule has 7 nitrogen and oxygen atoms in total. The molecular formula is C28H34ClNO6. The highest BCUT2D eigenvalue weighted by Gasteiger charge is 2.53. The number of rotatable bonds is 10. The monoisotopic (exact) mass is 515 g/mol. The van der Waals surface area contributed by atoms with E-state index in [1.165, 1.54) is 6.92 Å². The van der Waals surface area contributed by atoms with Crippen molar-refractivity contribution in [3.63, 3.8) is 0 Å². The van der Waals surface area contributed by atoms with Crippen LogP contribution in [0.5, 0.6) is 0 Å². The van der Waals surface area contributed by atoms with Crippen LogP contribution < -0.4 is 0 Å². The second-order valence-corrected chi connectivity index (χ2v) is 9.71. The molecule has 8 heteroatoms. The predicted octanol–water partition coefficient (Wildman–Crippen LogP) is 4.06. The van der Waals surface area contributed by atoms with Crippen molar-refractivity contribution in [1.29, 1.82) is 0 Å². The molecule has 2 aromatic rings. The number of hydrogen-bond acceptors (Lipinski definition) is 6. The maximum absolute atomic E-state index is 12.8. The second-order valence-electron chi connectivity index (χ2n) is 9.27. The molecule has 1 aliphatic rings. The molecule has 0 unspecified atom stereocenters. The maximum atomic E-state index is 12.8. The molecule has 3 rings (SSSR count). The Hall–Kier alpha value is -2.90. The highest BCUT2D eigenvalue weighted by Crippen LogP contribution is 2.40. The number of carbonyl (C=O) groups is 3. The molecule has 0 heterocycles. The molecule has 0 fully saturated rings. The van der Waals surface area contributed by atoms with E-state index in [2.05, 4.69) is 0 Å². The number of aliphatic hydroxyl groups excluding tert-OH is 1. The van der Waals surface area contributed by atoms with Gasteiger partial charge in [0, 0.05) is 18.0 Å². The molecule has 2 aromatic carbocycles. The summed E-state index contributed by atoms with van der Waals surface area (Å²) < 4.78 is 10.5. The average molecular weight is 516 g/mol. The molecule has 2 atom stereocenters. The third-order valence-corrected chi connectivity index (χ3v) is 6.89. The summed E-state index contributed by atoms with van der Waals surface area (Å²) in [6, 6.07) is 12.6. The van der Waals surface area contributed by atoms with Crippen molar-refractivity contribution in [2.45, 2.75) is 59.1 Å². The Labute approximate surface area is 217 Å². The standard InChI is InChI=1S/C28H34ClNO6/c1-5-35-26(33)28(27(34)36-6-2)15-22-11-10-20(13-23(22)16-28)12-18(3)30(19(4)31)17-25(32)21-8-7-9-24(29)14-21/h7-11,13-14,18,25,32H,5-6,12,15-17H2,1-4H3/t18-,25-/m1/s1.